The lowest BCUT2D eigenvalue weighted by Gasteiger charge is -2.31. The van der Waals surface area contributed by atoms with Crippen LogP contribution in [0.25, 0.3) is 0 Å². The van der Waals surface area contributed by atoms with E-state index in [1.54, 1.807) is 6.20 Å². The van der Waals surface area contributed by atoms with Crippen molar-refractivity contribution in [3.05, 3.63) is 66.0 Å². The number of carbonyl (C=O) groups excluding carboxylic acids is 1. The van der Waals surface area contributed by atoms with Crippen LogP contribution in [0.1, 0.15) is 43.0 Å². The van der Waals surface area contributed by atoms with E-state index in [9.17, 15) is 4.79 Å². The van der Waals surface area contributed by atoms with Gasteiger partial charge < -0.3 is 5.32 Å². The van der Waals surface area contributed by atoms with Crippen molar-refractivity contribution in [2.75, 3.05) is 19.6 Å². The molecule has 1 aromatic carbocycles. The minimum absolute atomic E-state index is 0.0365. The maximum absolute atomic E-state index is 12.3. The second kappa shape index (κ2) is 9.33. The molecule has 4 heteroatoms. The zero-order chi connectivity index (χ0) is 17.3. The zero-order valence-electron chi connectivity index (χ0n) is 14.7. The van der Waals surface area contributed by atoms with Crippen molar-refractivity contribution in [1.82, 2.24) is 15.2 Å². The topological polar surface area (TPSA) is 45.2 Å². The monoisotopic (exact) mass is 337 g/mol. The molecular formula is C21H27N3O. The minimum atomic E-state index is 0.0365. The summed E-state index contributed by atoms with van der Waals surface area (Å²) >= 11 is 0. The smallest absolute Gasteiger partial charge is 0.226 e. The number of hydrogen-bond donors (Lipinski definition) is 1. The first-order chi connectivity index (χ1) is 12.3. The van der Waals surface area contributed by atoms with Gasteiger partial charge in [0.05, 0.1) is 12.5 Å². The Morgan fingerprint density at radius 2 is 1.72 bits per heavy atom. The molecular weight excluding hydrogens is 310 g/mol. The van der Waals surface area contributed by atoms with E-state index in [0.717, 1.165) is 18.8 Å². The zero-order valence-corrected chi connectivity index (χ0v) is 14.7. The van der Waals surface area contributed by atoms with Crippen molar-refractivity contribution in [3.8, 4) is 0 Å². The van der Waals surface area contributed by atoms with Crippen LogP contribution in [0.5, 0.6) is 0 Å². The van der Waals surface area contributed by atoms with Gasteiger partial charge in [0.25, 0.3) is 0 Å². The molecule has 1 atom stereocenters. The van der Waals surface area contributed by atoms with E-state index in [4.69, 9.17) is 0 Å². The van der Waals surface area contributed by atoms with Crippen LogP contribution >= 0.6 is 0 Å². The van der Waals surface area contributed by atoms with E-state index < -0.39 is 0 Å². The number of rotatable bonds is 6. The van der Waals surface area contributed by atoms with E-state index in [-0.39, 0.29) is 11.9 Å². The highest BCUT2D eigenvalue weighted by molar-refractivity contribution is 5.78. The van der Waals surface area contributed by atoms with Crippen LogP contribution in [0.4, 0.5) is 0 Å². The van der Waals surface area contributed by atoms with Crippen molar-refractivity contribution in [2.24, 2.45) is 0 Å². The number of carbonyl (C=O) groups is 1. The summed E-state index contributed by atoms with van der Waals surface area (Å²) in [7, 11) is 0. The summed E-state index contributed by atoms with van der Waals surface area (Å²) in [5.74, 6) is 0.0365. The molecule has 2 aromatic rings. The van der Waals surface area contributed by atoms with Crippen LogP contribution in [-0.2, 0) is 11.2 Å². The van der Waals surface area contributed by atoms with Crippen molar-refractivity contribution < 1.29 is 4.79 Å². The number of aromatic nitrogens is 1. The second-order valence-corrected chi connectivity index (χ2v) is 6.68. The number of hydrogen-bond acceptors (Lipinski definition) is 3. The summed E-state index contributed by atoms with van der Waals surface area (Å²) in [4.78, 5) is 19.1. The Hall–Kier alpha value is -2.20. The van der Waals surface area contributed by atoms with Crippen LogP contribution in [0.2, 0.25) is 0 Å². The fourth-order valence-electron chi connectivity index (χ4n) is 3.48. The van der Waals surface area contributed by atoms with Crippen molar-refractivity contribution in [1.29, 1.82) is 0 Å². The molecule has 1 aromatic heterocycles. The quantitative estimate of drug-likeness (QED) is 0.879. The molecule has 1 saturated heterocycles. The van der Waals surface area contributed by atoms with Crippen molar-refractivity contribution >= 4 is 5.91 Å². The summed E-state index contributed by atoms with van der Waals surface area (Å²) in [5.41, 5.74) is 2.09. The van der Waals surface area contributed by atoms with Crippen LogP contribution in [0.3, 0.4) is 0 Å². The third-order valence-electron chi connectivity index (χ3n) is 4.83. The third-order valence-corrected chi connectivity index (χ3v) is 4.83. The molecule has 0 spiro atoms. The van der Waals surface area contributed by atoms with Gasteiger partial charge in [-0.15, -0.1) is 0 Å². The normalized spacial score (nSPS) is 16.8. The highest BCUT2D eigenvalue weighted by atomic mass is 16.1. The molecule has 0 unspecified atom stereocenters. The number of nitrogens with zero attached hydrogens (tertiary/aromatic N) is 2. The molecule has 1 N–H and O–H groups in total. The number of benzene rings is 1. The number of nitrogens with one attached hydrogen (secondary N) is 1. The SMILES string of the molecule is O=C(Cc1ccccn1)NC[C@@H](c1ccccc1)N1CCCCCC1. The second-order valence-electron chi connectivity index (χ2n) is 6.68. The largest absolute Gasteiger partial charge is 0.354 e. The number of likely N-dealkylation sites (tertiary alicyclic amines) is 1. The highest BCUT2D eigenvalue weighted by Crippen LogP contribution is 2.23. The molecule has 4 nitrogen and oxygen atoms in total. The molecule has 1 aliphatic heterocycles. The summed E-state index contributed by atoms with van der Waals surface area (Å²) < 4.78 is 0. The lowest BCUT2D eigenvalue weighted by atomic mass is 10.0. The van der Waals surface area contributed by atoms with E-state index in [1.807, 2.05) is 24.3 Å². The van der Waals surface area contributed by atoms with Crippen LogP contribution in [-0.4, -0.2) is 35.4 Å². The fraction of sp³-hybridized carbons (Fsp3) is 0.429. The molecule has 132 valence electrons. The molecule has 0 aliphatic carbocycles. The lowest BCUT2D eigenvalue weighted by Crippen LogP contribution is -2.39. The van der Waals surface area contributed by atoms with E-state index in [0.29, 0.717) is 13.0 Å². The first kappa shape index (κ1) is 17.6. The van der Waals surface area contributed by atoms with E-state index in [1.165, 1.54) is 31.2 Å². The average Bonchev–Trinajstić information content (AvgIpc) is 2.93. The molecule has 1 fully saturated rings. The van der Waals surface area contributed by atoms with Crippen LogP contribution in [0, 0.1) is 0 Å². The van der Waals surface area contributed by atoms with Crippen LogP contribution < -0.4 is 5.32 Å². The van der Waals surface area contributed by atoms with Gasteiger partial charge in [-0.25, -0.2) is 0 Å². The molecule has 0 bridgehead atoms. The molecule has 0 saturated carbocycles. The standard InChI is InChI=1S/C21H27N3O/c25-21(16-19-12-6-7-13-22-19)23-17-20(18-10-4-3-5-11-18)24-14-8-1-2-9-15-24/h3-7,10-13,20H,1-2,8-9,14-17H2,(H,23,25)/t20-/m0/s1. The lowest BCUT2D eigenvalue weighted by molar-refractivity contribution is -0.120. The Labute approximate surface area is 150 Å². The third kappa shape index (κ3) is 5.40. The van der Waals surface area contributed by atoms with Crippen LogP contribution in [0.15, 0.2) is 54.7 Å². The van der Waals surface area contributed by atoms with Gasteiger partial charge in [0, 0.05) is 18.4 Å². The van der Waals surface area contributed by atoms with Gasteiger partial charge in [-0.1, -0.05) is 49.2 Å². The molecule has 1 amide bonds. The fourth-order valence-corrected chi connectivity index (χ4v) is 3.48. The van der Waals surface area contributed by atoms with Crippen molar-refractivity contribution in [2.45, 2.75) is 38.1 Å². The maximum atomic E-state index is 12.3. The Balaban J connectivity index is 1.64. The molecule has 3 rings (SSSR count). The Morgan fingerprint density at radius 3 is 2.40 bits per heavy atom. The Kier molecular flexibility index (Phi) is 6.57. The van der Waals surface area contributed by atoms with Gasteiger partial charge >= 0.3 is 0 Å². The summed E-state index contributed by atoms with van der Waals surface area (Å²) in [6, 6.07) is 16.5. The summed E-state index contributed by atoms with van der Waals surface area (Å²) in [6.07, 6.45) is 7.17. The van der Waals surface area contributed by atoms with Gasteiger partial charge in [-0.05, 0) is 43.6 Å². The van der Waals surface area contributed by atoms with E-state index in [2.05, 4.69) is 39.5 Å². The highest BCUT2D eigenvalue weighted by Gasteiger charge is 2.22. The summed E-state index contributed by atoms with van der Waals surface area (Å²) in [5, 5.41) is 3.13. The van der Waals surface area contributed by atoms with Gasteiger partial charge in [0.2, 0.25) is 5.91 Å². The number of pyridine rings is 1. The van der Waals surface area contributed by atoms with E-state index >= 15 is 0 Å². The van der Waals surface area contributed by atoms with Gasteiger partial charge in [-0.3, -0.25) is 14.7 Å². The summed E-state index contributed by atoms with van der Waals surface area (Å²) in [6.45, 7) is 2.86. The first-order valence-corrected chi connectivity index (χ1v) is 9.28. The van der Waals surface area contributed by atoms with Gasteiger partial charge in [-0.2, -0.15) is 0 Å². The molecule has 0 radical (unpaired) electrons. The first-order valence-electron chi connectivity index (χ1n) is 9.28. The van der Waals surface area contributed by atoms with Gasteiger partial charge in [0.15, 0.2) is 0 Å². The predicted octanol–water partition coefficient (Wildman–Crippen LogP) is 3.36. The predicted molar refractivity (Wildman–Crippen MR) is 100 cm³/mol. The minimum Gasteiger partial charge on any atom is -0.354 e. The van der Waals surface area contributed by atoms with Crippen molar-refractivity contribution in [3.63, 3.8) is 0 Å². The number of amides is 1. The van der Waals surface area contributed by atoms with Gasteiger partial charge in [0.1, 0.15) is 0 Å². The molecule has 25 heavy (non-hydrogen) atoms. The Morgan fingerprint density at radius 1 is 1.00 bits per heavy atom. The Bertz CT molecular complexity index is 637. The average molecular weight is 337 g/mol. The maximum Gasteiger partial charge on any atom is 0.226 e. The molecule has 1 aliphatic rings. The molecule has 2 heterocycles.